The molecule has 0 aromatic rings. The number of allylic oxidation sites excluding steroid dienone is 6. The molecule has 3 aliphatic heterocycles. The molecular formula is C18H14Cl2N2O. The Bertz CT molecular complexity index is 865. The van der Waals surface area contributed by atoms with Crippen LogP contribution in [0.2, 0.25) is 0 Å². The average molecular weight is 345 g/mol. The number of nitrogens with zero attached hydrogens (tertiary/aromatic N) is 2. The van der Waals surface area contributed by atoms with Gasteiger partial charge in [-0.15, -0.1) is 24.8 Å². The van der Waals surface area contributed by atoms with Crippen LogP contribution in [0.3, 0.4) is 0 Å². The van der Waals surface area contributed by atoms with E-state index in [4.69, 9.17) is 4.74 Å². The van der Waals surface area contributed by atoms with Crippen LogP contribution in [0.25, 0.3) is 0 Å². The van der Waals surface area contributed by atoms with Gasteiger partial charge in [-0.3, -0.25) is 9.98 Å². The van der Waals surface area contributed by atoms with Crippen molar-refractivity contribution in [3.63, 3.8) is 0 Å². The van der Waals surface area contributed by atoms with Gasteiger partial charge in [0.15, 0.2) is 0 Å². The molecule has 3 nitrogen and oxygen atoms in total. The van der Waals surface area contributed by atoms with Crippen molar-refractivity contribution in [2.75, 3.05) is 0 Å². The Hall–Kier alpha value is -2.10. The third kappa shape index (κ3) is 1.78. The highest BCUT2D eigenvalue weighted by atomic mass is 35.5. The van der Waals surface area contributed by atoms with Crippen LogP contribution in [0.4, 0.5) is 0 Å². The van der Waals surface area contributed by atoms with Crippen LogP contribution in [-0.2, 0) is 4.74 Å². The fourth-order valence-electron chi connectivity index (χ4n) is 3.55. The van der Waals surface area contributed by atoms with Crippen molar-refractivity contribution in [3.05, 3.63) is 82.7 Å². The fraction of sp³-hybridized carbons (Fsp3) is 0.111. The minimum atomic E-state index is -0.384. The molecule has 2 aliphatic carbocycles. The van der Waals surface area contributed by atoms with Gasteiger partial charge in [0.1, 0.15) is 22.6 Å². The van der Waals surface area contributed by atoms with E-state index in [0.29, 0.717) is 0 Å². The second kappa shape index (κ2) is 5.22. The summed E-state index contributed by atoms with van der Waals surface area (Å²) in [6.45, 7) is 4.15. The van der Waals surface area contributed by atoms with Crippen LogP contribution in [0.15, 0.2) is 92.7 Å². The minimum absolute atomic E-state index is 0. The maximum absolute atomic E-state index is 6.26. The number of halogens is 2. The molecule has 0 fully saturated rings. The summed E-state index contributed by atoms with van der Waals surface area (Å²) in [4.78, 5) is 8.80. The van der Waals surface area contributed by atoms with Gasteiger partial charge in [-0.1, -0.05) is 18.7 Å². The smallest absolute Gasteiger partial charge is 0.149 e. The van der Waals surface area contributed by atoms with E-state index >= 15 is 0 Å². The lowest BCUT2D eigenvalue weighted by Crippen LogP contribution is -2.29. The Kier molecular flexibility index (Phi) is 3.58. The summed E-state index contributed by atoms with van der Waals surface area (Å²) in [5, 5.41) is 0. The molecule has 1 unspecified atom stereocenters. The maximum atomic E-state index is 6.26. The first-order chi connectivity index (χ1) is 10.3. The van der Waals surface area contributed by atoms with Crippen LogP contribution in [0, 0.1) is 5.41 Å². The van der Waals surface area contributed by atoms with Crippen LogP contribution < -0.4 is 0 Å². The van der Waals surface area contributed by atoms with Crippen molar-refractivity contribution in [1.29, 1.82) is 0 Å². The molecule has 0 amide bonds. The van der Waals surface area contributed by atoms with E-state index in [1.54, 1.807) is 0 Å². The topological polar surface area (TPSA) is 34.0 Å². The van der Waals surface area contributed by atoms with E-state index in [1.807, 2.05) is 24.7 Å². The molecular weight excluding hydrogens is 331 g/mol. The second-order valence-electron chi connectivity index (χ2n) is 5.63. The minimum Gasteiger partial charge on any atom is -0.457 e. The summed E-state index contributed by atoms with van der Waals surface area (Å²) in [6, 6.07) is 0. The van der Waals surface area contributed by atoms with Gasteiger partial charge in [-0.05, 0) is 35.8 Å². The molecule has 0 radical (unpaired) electrons. The molecule has 5 heteroatoms. The van der Waals surface area contributed by atoms with Gasteiger partial charge in [0, 0.05) is 29.8 Å². The molecule has 0 bridgehead atoms. The molecule has 3 heterocycles. The highest BCUT2D eigenvalue weighted by molar-refractivity contribution is 5.93. The molecule has 0 saturated carbocycles. The van der Waals surface area contributed by atoms with E-state index in [1.165, 1.54) is 0 Å². The zero-order valence-electron chi connectivity index (χ0n) is 12.2. The normalized spacial score (nSPS) is 28.1. The molecule has 5 rings (SSSR count). The number of hydrogen-bond donors (Lipinski definition) is 0. The van der Waals surface area contributed by atoms with E-state index in [2.05, 4.69) is 40.9 Å². The first-order valence-corrected chi connectivity index (χ1v) is 7.00. The Morgan fingerprint density at radius 2 is 2.13 bits per heavy atom. The average Bonchev–Trinajstić information content (AvgIpc) is 3.07. The van der Waals surface area contributed by atoms with Crippen molar-refractivity contribution in [3.8, 4) is 0 Å². The highest BCUT2D eigenvalue weighted by Gasteiger charge is 2.52. The molecule has 0 saturated heterocycles. The molecule has 116 valence electrons. The Morgan fingerprint density at radius 3 is 3.00 bits per heavy atom. The van der Waals surface area contributed by atoms with Crippen LogP contribution >= 0.6 is 24.8 Å². The highest BCUT2D eigenvalue weighted by Crippen LogP contribution is 2.59. The van der Waals surface area contributed by atoms with Crippen molar-refractivity contribution in [2.45, 2.75) is 6.42 Å². The third-order valence-electron chi connectivity index (χ3n) is 4.54. The zero-order valence-corrected chi connectivity index (χ0v) is 13.8. The van der Waals surface area contributed by atoms with Crippen LogP contribution in [0.1, 0.15) is 6.42 Å². The molecule has 0 aromatic carbocycles. The summed E-state index contributed by atoms with van der Waals surface area (Å²) in [5.41, 5.74) is 4.93. The van der Waals surface area contributed by atoms with Crippen molar-refractivity contribution in [2.24, 2.45) is 15.4 Å². The monoisotopic (exact) mass is 344 g/mol. The van der Waals surface area contributed by atoms with Gasteiger partial charge < -0.3 is 4.74 Å². The number of fused-ring (bicyclic) bond motifs is 1. The van der Waals surface area contributed by atoms with Gasteiger partial charge in [0.05, 0.1) is 0 Å². The largest absolute Gasteiger partial charge is 0.457 e. The number of ether oxygens (including phenoxy) is 1. The number of hydrogen-bond acceptors (Lipinski definition) is 3. The first-order valence-electron chi connectivity index (χ1n) is 7.00. The van der Waals surface area contributed by atoms with Gasteiger partial charge >= 0.3 is 0 Å². The van der Waals surface area contributed by atoms with E-state index in [0.717, 1.165) is 45.9 Å². The molecule has 1 spiro atoms. The lowest BCUT2D eigenvalue weighted by molar-refractivity contribution is 0.296. The summed E-state index contributed by atoms with van der Waals surface area (Å²) in [7, 11) is 0. The van der Waals surface area contributed by atoms with Crippen LogP contribution in [0.5, 0.6) is 0 Å². The summed E-state index contributed by atoms with van der Waals surface area (Å²) < 4.78 is 6.26. The molecule has 23 heavy (non-hydrogen) atoms. The summed E-state index contributed by atoms with van der Waals surface area (Å²) in [6.07, 6.45) is 17.0. The van der Waals surface area contributed by atoms with Gasteiger partial charge in [-0.25, -0.2) is 0 Å². The van der Waals surface area contributed by atoms with Gasteiger partial charge in [0.2, 0.25) is 0 Å². The molecule has 5 aliphatic rings. The molecule has 0 N–H and O–H groups in total. The van der Waals surface area contributed by atoms with Gasteiger partial charge in [0.25, 0.3) is 0 Å². The fourth-order valence-corrected chi connectivity index (χ4v) is 3.55. The van der Waals surface area contributed by atoms with E-state index in [-0.39, 0.29) is 30.2 Å². The predicted molar refractivity (Wildman–Crippen MR) is 97.3 cm³/mol. The van der Waals surface area contributed by atoms with E-state index in [9.17, 15) is 0 Å². The molecule has 1 atom stereocenters. The summed E-state index contributed by atoms with van der Waals surface area (Å²) >= 11 is 0. The Labute approximate surface area is 146 Å². The van der Waals surface area contributed by atoms with E-state index < -0.39 is 0 Å². The Balaban J connectivity index is 0.000000781. The predicted octanol–water partition coefficient (Wildman–Crippen LogP) is 4.38. The lowest BCUT2D eigenvalue weighted by Gasteiger charge is -2.33. The van der Waals surface area contributed by atoms with Crippen molar-refractivity contribution in [1.82, 2.24) is 0 Å². The SMILES string of the molecule is C=C1CC=CC2=C1OC1=C3N=CC=C3C=C3C=NC=CC321.Cl.Cl. The third-order valence-corrected chi connectivity index (χ3v) is 4.54. The van der Waals surface area contributed by atoms with Crippen molar-refractivity contribution >= 4 is 37.2 Å². The quantitative estimate of drug-likeness (QED) is 0.642. The lowest BCUT2D eigenvalue weighted by atomic mass is 9.67. The maximum Gasteiger partial charge on any atom is 0.149 e. The number of aliphatic imine (C=N–C) groups is 2. The van der Waals surface area contributed by atoms with Gasteiger partial charge in [-0.2, -0.15) is 0 Å². The second-order valence-corrected chi connectivity index (χ2v) is 5.63. The van der Waals surface area contributed by atoms with Crippen LogP contribution in [-0.4, -0.2) is 12.4 Å². The zero-order chi connectivity index (χ0) is 14.0. The Morgan fingerprint density at radius 1 is 1.26 bits per heavy atom. The van der Waals surface area contributed by atoms with Crippen molar-refractivity contribution < 1.29 is 4.74 Å². The summed E-state index contributed by atoms with van der Waals surface area (Å²) in [5.74, 6) is 1.79. The standard InChI is InChI=1S/C18H12N2O.2ClH/c1-11-3-2-4-14-16(11)21-17-15-12(5-7-20-15)9-13-10-19-8-6-18(13,14)17;;/h2,4-10H,1,3H2;2*1H. The number of rotatable bonds is 0. The molecule has 0 aromatic heterocycles. The first kappa shape index (κ1) is 15.8.